The van der Waals surface area contributed by atoms with Gasteiger partial charge in [-0.2, -0.15) is 0 Å². The first-order chi connectivity index (χ1) is 9.06. The largest absolute Gasteiger partial charge is 0.358 e. The van der Waals surface area contributed by atoms with Crippen LogP contribution in [0, 0.1) is 0 Å². The third-order valence-electron chi connectivity index (χ3n) is 3.80. The number of hydrogen-bond acceptors (Lipinski definition) is 1. The number of H-pyrrole nitrogens is 1. The fraction of sp³-hybridized carbons (Fsp3) is 0.353. The zero-order chi connectivity index (χ0) is 13.6. The molecule has 1 aromatic carbocycles. The Morgan fingerprint density at radius 2 is 1.74 bits per heavy atom. The highest BCUT2D eigenvalue weighted by Crippen LogP contribution is 2.29. The maximum atomic E-state index is 4.59. The summed E-state index contributed by atoms with van der Waals surface area (Å²) in [6.45, 7) is 8.84. The highest BCUT2D eigenvalue weighted by atomic mass is 14.7. The van der Waals surface area contributed by atoms with Gasteiger partial charge in [0, 0.05) is 28.2 Å². The fourth-order valence-corrected chi connectivity index (χ4v) is 2.48. The summed E-state index contributed by atoms with van der Waals surface area (Å²) < 4.78 is 0. The molecule has 2 heteroatoms. The lowest BCUT2D eigenvalue weighted by Gasteiger charge is -2.06. The van der Waals surface area contributed by atoms with Gasteiger partial charge < -0.3 is 4.98 Å². The molecule has 0 radical (unpaired) electrons. The predicted molar refractivity (Wildman–Crippen MR) is 81.8 cm³/mol. The number of nitrogens with zero attached hydrogens (tertiary/aromatic N) is 1. The summed E-state index contributed by atoms with van der Waals surface area (Å²) in [6, 6.07) is 8.79. The van der Waals surface area contributed by atoms with Gasteiger partial charge in [-0.1, -0.05) is 27.7 Å². The predicted octanol–water partition coefficient (Wildman–Crippen LogP) is 4.96. The maximum Gasteiger partial charge on any atom is 0.0709 e. The van der Waals surface area contributed by atoms with Crippen LogP contribution in [0.2, 0.25) is 0 Å². The van der Waals surface area contributed by atoms with Gasteiger partial charge in [0.25, 0.3) is 0 Å². The van der Waals surface area contributed by atoms with Crippen molar-refractivity contribution in [2.24, 2.45) is 0 Å². The third kappa shape index (κ3) is 2.01. The van der Waals surface area contributed by atoms with Crippen LogP contribution in [0.15, 0.2) is 30.5 Å². The van der Waals surface area contributed by atoms with E-state index in [4.69, 9.17) is 0 Å². The van der Waals surface area contributed by atoms with Gasteiger partial charge >= 0.3 is 0 Å². The molecule has 0 saturated heterocycles. The molecule has 0 fully saturated rings. The van der Waals surface area contributed by atoms with Crippen LogP contribution < -0.4 is 0 Å². The van der Waals surface area contributed by atoms with Gasteiger partial charge in [-0.3, -0.25) is 4.98 Å². The van der Waals surface area contributed by atoms with Gasteiger partial charge in [0.15, 0.2) is 0 Å². The lowest BCUT2D eigenvalue weighted by atomic mass is 10.0. The first-order valence-corrected chi connectivity index (χ1v) is 6.97. The van der Waals surface area contributed by atoms with E-state index < -0.39 is 0 Å². The zero-order valence-electron chi connectivity index (χ0n) is 12.0. The number of benzene rings is 1. The molecule has 0 aliphatic rings. The topological polar surface area (TPSA) is 28.7 Å². The summed E-state index contributed by atoms with van der Waals surface area (Å²) in [7, 11) is 0. The average molecular weight is 252 g/mol. The Kier molecular flexibility index (Phi) is 2.81. The van der Waals surface area contributed by atoms with Crippen molar-refractivity contribution in [2.45, 2.75) is 39.5 Å². The molecular weight excluding hydrogens is 232 g/mol. The molecule has 19 heavy (non-hydrogen) atoms. The Hall–Kier alpha value is -1.83. The van der Waals surface area contributed by atoms with Crippen LogP contribution in [-0.4, -0.2) is 9.97 Å². The number of rotatable bonds is 2. The minimum absolute atomic E-state index is 0.510. The van der Waals surface area contributed by atoms with Gasteiger partial charge in [-0.25, -0.2) is 0 Å². The first kappa shape index (κ1) is 12.2. The van der Waals surface area contributed by atoms with Crippen LogP contribution in [0.1, 0.15) is 50.8 Å². The summed E-state index contributed by atoms with van der Waals surface area (Å²) in [6.07, 6.45) is 1.99. The number of aromatic amines is 1. The van der Waals surface area contributed by atoms with Crippen molar-refractivity contribution in [3.05, 3.63) is 41.7 Å². The second-order valence-corrected chi connectivity index (χ2v) is 5.90. The van der Waals surface area contributed by atoms with Crippen LogP contribution in [0.3, 0.4) is 0 Å². The first-order valence-electron chi connectivity index (χ1n) is 6.97. The molecule has 0 spiro atoms. The summed E-state index contributed by atoms with van der Waals surface area (Å²) in [4.78, 5) is 8.10. The van der Waals surface area contributed by atoms with Crippen molar-refractivity contribution in [3.8, 4) is 0 Å². The zero-order valence-corrected chi connectivity index (χ0v) is 12.0. The fourth-order valence-electron chi connectivity index (χ4n) is 2.48. The molecule has 2 aromatic heterocycles. The standard InChI is InChI=1S/C17H20N2/c1-10(2)12-7-13-14-8-17(11(3)4)19-16(14)6-5-15(13)18-9-12/h5-11,19H,1-4H3. The van der Waals surface area contributed by atoms with Gasteiger partial charge in [-0.05, 0) is 41.7 Å². The van der Waals surface area contributed by atoms with Crippen molar-refractivity contribution in [1.29, 1.82) is 0 Å². The minimum Gasteiger partial charge on any atom is -0.358 e. The van der Waals surface area contributed by atoms with Gasteiger partial charge in [0.05, 0.1) is 5.52 Å². The van der Waals surface area contributed by atoms with Gasteiger partial charge in [0.1, 0.15) is 0 Å². The molecular formula is C17H20N2. The minimum atomic E-state index is 0.510. The molecule has 0 aliphatic carbocycles. The SMILES string of the molecule is CC(C)c1cnc2ccc3[nH]c(C(C)C)cc3c2c1. The summed E-state index contributed by atoms with van der Waals surface area (Å²) in [5, 5.41) is 2.54. The molecule has 0 atom stereocenters. The van der Waals surface area contributed by atoms with E-state index in [0.717, 1.165) is 5.52 Å². The molecule has 0 bridgehead atoms. The number of hydrogen-bond donors (Lipinski definition) is 1. The van der Waals surface area contributed by atoms with Crippen molar-refractivity contribution in [2.75, 3.05) is 0 Å². The molecule has 1 N–H and O–H groups in total. The normalized spacial score (nSPS) is 12.1. The third-order valence-corrected chi connectivity index (χ3v) is 3.80. The highest BCUT2D eigenvalue weighted by molar-refractivity contribution is 6.05. The number of nitrogens with one attached hydrogen (secondary N) is 1. The molecule has 98 valence electrons. The summed E-state index contributed by atoms with van der Waals surface area (Å²) in [5.74, 6) is 1.03. The molecule has 3 rings (SSSR count). The van der Waals surface area contributed by atoms with E-state index in [1.165, 1.54) is 27.5 Å². The molecule has 3 aromatic rings. The van der Waals surface area contributed by atoms with E-state index in [1.807, 2.05) is 6.20 Å². The number of fused-ring (bicyclic) bond motifs is 3. The van der Waals surface area contributed by atoms with Gasteiger partial charge in [0.2, 0.25) is 0 Å². The van der Waals surface area contributed by atoms with Crippen LogP contribution in [0.4, 0.5) is 0 Å². The quantitative estimate of drug-likeness (QED) is 0.686. The Labute approximate surface area is 113 Å². The molecule has 0 amide bonds. The second kappa shape index (κ2) is 4.37. The van der Waals surface area contributed by atoms with E-state index in [9.17, 15) is 0 Å². The van der Waals surface area contributed by atoms with Crippen LogP contribution >= 0.6 is 0 Å². The van der Waals surface area contributed by atoms with E-state index in [1.54, 1.807) is 0 Å². The maximum absolute atomic E-state index is 4.59. The molecule has 0 saturated carbocycles. The Morgan fingerprint density at radius 3 is 2.42 bits per heavy atom. The Morgan fingerprint density at radius 1 is 0.947 bits per heavy atom. The lowest BCUT2D eigenvalue weighted by Crippen LogP contribution is -1.89. The van der Waals surface area contributed by atoms with Crippen molar-refractivity contribution in [1.82, 2.24) is 9.97 Å². The van der Waals surface area contributed by atoms with Crippen LogP contribution in [0.5, 0.6) is 0 Å². The van der Waals surface area contributed by atoms with E-state index in [-0.39, 0.29) is 0 Å². The molecule has 2 heterocycles. The molecule has 0 unspecified atom stereocenters. The lowest BCUT2D eigenvalue weighted by molar-refractivity contribution is 0.836. The number of aromatic nitrogens is 2. The van der Waals surface area contributed by atoms with Crippen molar-refractivity contribution < 1.29 is 0 Å². The van der Waals surface area contributed by atoms with Crippen molar-refractivity contribution in [3.63, 3.8) is 0 Å². The van der Waals surface area contributed by atoms with Crippen LogP contribution in [-0.2, 0) is 0 Å². The average Bonchev–Trinajstić information content (AvgIpc) is 2.82. The molecule has 2 nitrogen and oxygen atoms in total. The van der Waals surface area contributed by atoms with E-state index in [2.05, 4.69) is 61.9 Å². The monoisotopic (exact) mass is 252 g/mol. The smallest absolute Gasteiger partial charge is 0.0709 e. The highest BCUT2D eigenvalue weighted by Gasteiger charge is 2.09. The van der Waals surface area contributed by atoms with Crippen LogP contribution in [0.25, 0.3) is 21.8 Å². The van der Waals surface area contributed by atoms with E-state index in [0.29, 0.717) is 11.8 Å². The summed E-state index contributed by atoms with van der Waals surface area (Å²) in [5.41, 5.74) is 4.87. The Bertz CT molecular complexity index is 735. The van der Waals surface area contributed by atoms with Gasteiger partial charge in [-0.15, -0.1) is 0 Å². The van der Waals surface area contributed by atoms with Crippen molar-refractivity contribution >= 4 is 21.8 Å². The summed E-state index contributed by atoms with van der Waals surface area (Å²) >= 11 is 0. The number of pyridine rings is 1. The second-order valence-electron chi connectivity index (χ2n) is 5.90. The Balaban J connectivity index is 2.33. The van der Waals surface area contributed by atoms with E-state index >= 15 is 0 Å². The molecule has 0 aliphatic heterocycles.